The molecule has 23 heavy (non-hydrogen) atoms. The second-order valence-electron chi connectivity index (χ2n) is 6.99. The predicted molar refractivity (Wildman–Crippen MR) is 85.7 cm³/mol. The molecule has 3 rings (SSSR count). The molecule has 0 unspecified atom stereocenters. The van der Waals surface area contributed by atoms with Gasteiger partial charge in [-0.15, -0.1) is 0 Å². The molecule has 7 nitrogen and oxygen atoms in total. The van der Waals surface area contributed by atoms with Gasteiger partial charge in [0, 0.05) is 38.1 Å². The van der Waals surface area contributed by atoms with E-state index < -0.39 is 0 Å². The number of carbonyl (C=O) groups is 1. The van der Waals surface area contributed by atoms with Crippen LogP contribution in [-0.4, -0.2) is 63.5 Å². The van der Waals surface area contributed by atoms with Crippen LogP contribution in [0.2, 0.25) is 0 Å². The minimum atomic E-state index is 0.135. The SMILES string of the molecule is CC(C)[C@@H]1CN2C[C@@H](NC(=O)CCCn3cncn3)C[C@H]2CO1. The Morgan fingerprint density at radius 3 is 3.04 bits per heavy atom. The molecule has 1 aromatic heterocycles. The third-order valence-corrected chi connectivity index (χ3v) is 4.81. The van der Waals surface area contributed by atoms with Gasteiger partial charge in [-0.05, 0) is 18.8 Å². The van der Waals surface area contributed by atoms with E-state index in [9.17, 15) is 4.79 Å². The Balaban J connectivity index is 1.38. The van der Waals surface area contributed by atoms with Gasteiger partial charge in [0.25, 0.3) is 0 Å². The van der Waals surface area contributed by atoms with E-state index in [1.807, 2.05) is 0 Å². The minimum absolute atomic E-state index is 0.135. The highest BCUT2D eigenvalue weighted by molar-refractivity contribution is 5.76. The number of hydrogen-bond donors (Lipinski definition) is 1. The summed E-state index contributed by atoms with van der Waals surface area (Å²) in [5.74, 6) is 0.678. The average molecular weight is 321 g/mol. The summed E-state index contributed by atoms with van der Waals surface area (Å²) in [5.41, 5.74) is 0. The lowest BCUT2D eigenvalue weighted by Crippen LogP contribution is -2.48. The van der Waals surface area contributed by atoms with Crippen molar-refractivity contribution in [1.29, 1.82) is 0 Å². The summed E-state index contributed by atoms with van der Waals surface area (Å²) in [4.78, 5) is 18.5. The molecule has 2 fully saturated rings. The Kier molecular flexibility index (Phi) is 5.27. The number of nitrogens with zero attached hydrogens (tertiary/aromatic N) is 4. The van der Waals surface area contributed by atoms with E-state index >= 15 is 0 Å². The highest BCUT2D eigenvalue weighted by Gasteiger charge is 2.38. The molecule has 3 atom stereocenters. The van der Waals surface area contributed by atoms with Crippen LogP contribution in [-0.2, 0) is 16.1 Å². The van der Waals surface area contributed by atoms with E-state index in [0.29, 0.717) is 24.5 Å². The van der Waals surface area contributed by atoms with Gasteiger partial charge >= 0.3 is 0 Å². The monoisotopic (exact) mass is 321 g/mol. The number of aryl methyl sites for hydroxylation is 1. The molecular weight excluding hydrogens is 294 g/mol. The fourth-order valence-corrected chi connectivity index (χ4v) is 3.46. The van der Waals surface area contributed by atoms with E-state index in [1.54, 1.807) is 11.0 Å². The summed E-state index contributed by atoms with van der Waals surface area (Å²) < 4.78 is 7.70. The highest BCUT2D eigenvalue weighted by Crippen LogP contribution is 2.25. The molecule has 2 saturated heterocycles. The molecule has 1 N–H and O–H groups in total. The van der Waals surface area contributed by atoms with Crippen molar-refractivity contribution in [3.8, 4) is 0 Å². The molecule has 0 aromatic carbocycles. The number of rotatable bonds is 6. The summed E-state index contributed by atoms with van der Waals surface area (Å²) in [6.45, 7) is 7.87. The van der Waals surface area contributed by atoms with Gasteiger partial charge in [-0.1, -0.05) is 13.8 Å². The first-order valence-electron chi connectivity index (χ1n) is 8.59. The third kappa shape index (κ3) is 4.29. The number of carbonyl (C=O) groups excluding carboxylic acids is 1. The van der Waals surface area contributed by atoms with Gasteiger partial charge in [0.2, 0.25) is 5.91 Å². The number of nitrogens with one attached hydrogen (secondary N) is 1. The maximum Gasteiger partial charge on any atom is 0.220 e. The molecule has 0 saturated carbocycles. The van der Waals surface area contributed by atoms with Crippen molar-refractivity contribution in [1.82, 2.24) is 25.0 Å². The molecule has 0 radical (unpaired) electrons. The van der Waals surface area contributed by atoms with Crippen LogP contribution >= 0.6 is 0 Å². The largest absolute Gasteiger partial charge is 0.375 e. The van der Waals surface area contributed by atoms with Crippen LogP contribution in [0.3, 0.4) is 0 Å². The zero-order chi connectivity index (χ0) is 16.2. The minimum Gasteiger partial charge on any atom is -0.375 e. The topological polar surface area (TPSA) is 72.3 Å². The standard InChI is InChI=1S/C16H27N5O2/c1-12(2)15-8-20-7-13(6-14(20)9-23-15)19-16(22)4-3-5-21-11-17-10-18-21/h10-15H,3-9H2,1-2H3,(H,19,22)/t13-,14-,15-/m0/s1. The number of fused-ring (bicyclic) bond motifs is 1. The van der Waals surface area contributed by atoms with Crippen molar-refractivity contribution >= 4 is 5.91 Å². The van der Waals surface area contributed by atoms with E-state index in [-0.39, 0.29) is 11.9 Å². The first-order chi connectivity index (χ1) is 11.1. The van der Waals surface area contributed by atoms with Crippen LogP contribution in [0.5, 0.6) is 0 Å². The van der Waals surface area contributed by atoms with Crippen molar-refractivity contribution in [3.63, 3.8) is 0 Å². The lowest BCUT2D eigenvalue weighted by atomic mass is 10.0. The lowest BCUT2D eigenvalue weighted by Gasteiger charge is -2.36. The molecule has 1 amide bonds. The third-order valence-electron chi connectivity index (χ3n) is 4.81. The second kappa shape index (κ2) is 7.40. The van der Waals surface area contributed by atoms with Crippen LogP contribution in [0.4, 0.5) is 0 Å². The van der Waals surface area contributed by atoms with Crippen molar-refractivity contribution in [3.05, 3.63) is 12.7 Å². The van der Waals surface area contributed by atoms with Gasteiger partial charge in [0.15, 0.2) is 0 Å². The van der Waals surface area contributed by atoms with Gasteiger partial charge < -0.3 is 10.1 Å². The zero-order valence-corrected chi connectivity index (χ0v) is 14.0. The van der Waals surface area contributed by atoms with E-state index in [1.165, 1.54) is 6.33 Å². The van der Waals surface area contributed by atoms with Crippen LogP contribution in [0.15, 0.2) is 12.7 Å². The summed E-state index contributed by atoms with van der Waals surface area (Å²) in [6, 6.07) is 0.721. The first kappa shape index (κ1) is 16.4. The van der Waals surface area contributed by atoms with E-state index in [2.05, 4.69) is 34.1 Å². The van der Waals surface area contributed by atoms with Crippen molar-refractivity contribution in [2.45, 2.75) is 57.8 Å². The Morgan fingerprint density at radius 2 is 2.30 bits per heavy atom. The molecule has 2 aliphatic rings. The molecule has 0 bridgehead atoms. The fraction of sp³-hybridized carbons (Fsp3) is 0.812. The van der Waals surface area contributed by atoms with Crippen LogP contribution in [0.1, 0.15) is 33.1 Å². The lowest BCUT2D eigenvalue weighted by molar-refractivity contribution is -0.121. The van der Waals surface area contributed by atoms with Gasteiger partial charge in [-0.25, -0.2) is 4.98 Å². The molecule has 1 aromatic rings. The molecule has 3 heterocycles. The van der Waals surface area contributed by atoms with Crippen molar-refractivity contribution in [2.75, 3.05) is 19.7 Å². The van der Waals surface area contributed by atoms with E-state index in [4.69, 9.17) is 4.74 Å². The summed E-state index contributed by atoms with van der Waals surface area (Å²) in [7, 11) is 0. The Bertz CT molecular complexity index is 505. The maximum absolute atomic E-state index is 12.1. The van der Waals surface area contributed by atoms with Gasteiger partial charge in [-0.2, -0.15) is 5.10 Å². The Labute approximate surface area is 137 Å². The molecule has 0 spiro atoms. The number of ether oxygens (including phenoxy) is 1. The molecular formula is C16H27N5O2. The van der Waals surface area contributed by atoms with Crippen LogP contribution in [0.25, 0.3) is 0 Å². The summed E-state index contributed by atoms with van der Waals surface area (Å²) in [5, 5.41) is 7.22. The van der Waals surface area contributed by atoms with Gasteiger partial charge in [0.1, 0.15) is 12.7 Å². The van der Waals surface area contributed by atoms with Crippen LogP contribution < -0.4 is 5.32 Å². The fourth-order valence-electron chi connectivity index (χ4n) is 3.46. The second-order valence-corrected chi connectivity index (χ2v) is 6.99. The summed E-state index contributed by atoms with van der Waals surface area (Å²) in [6.07, 6.45) is 5.84. The number of hydrogen-bond acceptors (Lipinski definition) is 5. The number of amides is 1. The van der Waals surface area contributed by atoms with Gasteiger partial charge in [0.05, 0.1) is 12.7 Å². The van der Waals surface area contributed by atoms with Gasteiger partial charge in [-0.3, -0.25) is 14.4 Å². The first-order valence-corrected chi connectivity index (χ1v) is 8.59. The Morgan fingerprint density at radius 1 is 1.43 bits per heavy atom. The predicted octanol–water partition coefficient (Wildman–Crippen LogP) is 0.672. The van der Waals surface area contributed by atoms with Crippen LogP contribution in [0, 0.1) is 5.92 Å². The molecule has 128 valence electrons. The smallest absolute Gasteiger partial charge is 0.220 e. The van der Waals surface area contributed by atoms with E-state index in [0.717, 1.165) is 39.1 Å². The number of aromatic nitrogens is 3. The van der Waals surface area contributed by atoms with Crippen molar-refractivity contribution < 1.29 is 9.53 Å². The average Bonchev–Trinajstić information content (AvgIpc) is 3.14. The molecule has 2 aliphatic heterocycles. The molecule has 7 heteroatoms. The Hall–Kier alpha value is -1.47. The normalized spacial score (nSPS) is 28.0. The summed E-state index contributed by atoms with van der Waals surface area (Å²) >= 11 is 0. The zero-order valence-electron chi connectivity index (χ0n) is 14.0. The van der Waals surface area contributed by atoms with Crippen molar-refractivity contribution in [2.24, 2.45) is 5.92 Å². The maximum atomic E-state index is 12.1. The number of morpholine rings is 1. The molecule has 0 aliphatic carbocycles. The highest BCUT2D eigenvalue weighted by atomic mass is 16.5. The quantitative estimate of drug-likeness (QED) is 0.834.